The number of hydrogen-bond donors (Lipinski definition) is 1. The average molecular weight is 331 g/mol. The Morgan fingerprint density at radius 1 is 1.17 bits per heavy atom. The van der Waals surface area contributed by atoms with Gasteiger partial charge in [0.15, 0.2) is 11.6 Å². The second-order valence-corrected chi connectivity index (χ2v) is 5.33. The Kier molecular flexibility index (Phi) is 7.08. The molecule has 0 aliphatic carbocycles. The van der Waals surface area contributed by atoms with Crippen LogP contribution in [0.1, 0.15) is 18.4 Å². The largest absolute Gasteiger partial charge is 0.494 e. The molecule has 0 aromatic heterocycles. The summed E-state index contributed by atoms with van der Waals surface area (Å²) in [5, 5.41) is 2.84. The molecule has 0 heterocycles. The van der Waals surface area contributed by atoms with E-state index in [9.17, 15) is 9.18 Å². The van der Waals surface area contributed by atoms with Crippen LogP contribution in [0.3, 0.4) is 0 Å². The molecule has 1 amide bonds. The van der Waals surface area contributed by atoms with Crippen molar-refractivity contribution in [1.29, 1.82) is 0 Å². The number of amides is 1. The summed E-state index contributed by atoms with van der Waals surface area (Å²) in [6.07, 6.45) is 1.55. The number of benzene rings is 2. The van der Waals surface area contributed by atoms with E-state index < -0.39 is 5.82 Å². The van der Waals surface area contributed by atoms with Gasteiger partial charge in [-0.05, 0) is 42.7 Å². The molecule has 0 saturated heterocycles. The Hall–Kier alpha value is -2.56. The van der Waals surface area contributed by atoms with Gasteiger partial charge in [0.25, 0.3) is 0 Å². The first-order valence-corrected chi connectivity index (χ1v) is 7.96. The number of methoxy groups -OCH3 is 1. The van der Waals surface area contributed by atoms with Gasteiger partial charge >= 0.3 is 0 Å². The van der Waals surface area contributed by atoms with Gasteiger partial charge in [0.2, 0.25) is 5.91 Å². The molecule has 2 aromatic carbocycles. The molecule has 0 saturated carbocycles. The smallest absolute Gasteiger partial charge is 0.220 e. The highest BCUT2D eigenvalue weighted by atomic mass is 19.1. The Morgan fingerprint density at radius 2 is 1.96 bits per heavy atom. The molecule has 128 valence electrons. The van der Waals surface area contributed by atoms with Crippen LogP contribution in [-0.4, -0.2) is 26.2 Å². The van der Waals surface area contributed by atoms with Crippen LogP contribution in [0.25, 0.3) is 0 Å². The zero-order chi connectivity index (χ0) is 17.2. The van der Waals surface area contributed by atoms with E-state index in [4.69, 9.17) is 9.47 Å². The number of para-hydroxylation sites is 1. The molecule has 2 rings (SSSR count). The molecule has 0 aliphatic rings. The molecule has 0 unspecified atom stereocenters. The van der Waals surface area contributed by atoms with Crippen molar-refractivity contribution in [2.24, 2.45) is 0 Å². The van der Waals surface area contributed by atoms with Gasteiger partial charge in [-0.15, -0.1) is 0 Å². The summed E-state index contributed by atoms with van der Waals surface area (Å²) in [5.74, 6) is 0.575. The number of carbonyl (C=O) groups is 1. The second kappa shape index (κ2) is 9.55. The van der Waals surface area contributed by atoms with Crippen molar-refractivity contribution in [3.63, 3.8) is 0 Å². The molecule has 0 atom stereocenters. The van der Waals surface area contributed by atoms with Crippen LogP contribution in [0, 0.1) is 5.82 Å². The van der Waals surface area contributed by atoms with Crippen molar-refractivity contribution in [3.05, 3.63) is 59.9 Å². The Morgan fingerprint density at radius 3 is 2.67 bits per heavy atom. The van der Waals surface area contributed by atoms with Gasteiger partial charge in [0.05, 0.1) is 13.7 Å². The minimum Gasteiger partial charge on any atom is -0.494 e. The highest BCUT2D eigenvalue weighted by Gasteiger charge is 2.06. The minimum absolute atomic E-state index is 0.0501. The van der Waals surface area contributed by atoms with Crippen LogP contribution in [0.5, 0.6) is 11.5 Å². The lowest BCUT2D eigenvalue weighted by atomic mass is 10.1. The maximum atomic E-state index is 13.6. The Labute approximate surface area is 141 Å². The first-order valence-electron chi connectivity index (χ1n) is 7.96. The predicted octanol–water partition coefficient (Wildman–Crippen LogP) is 3.35. The normalized spacial score (nSPS) is 10.2. The van der Waals surface area contributed by atoms with E-state index >= 15 is 0 Å². The quantitative estimate of drug-likeness (QED) is 0.717. The molecule has 2 aromatic rings. The summed E-state index contributed by atoms with van der Waals surface area (Å²) in [7, 11) is 1.42. The fourth-order valence-corrected chi connectivity index (χ4v) is 2.22. The van der Waals surface area contributed by atoms with Crippen molar-refractivity contribution in [2.75, 3.05) is 20.3 Å². The first kappa shape index (κ1) is 17.8. The molecule has 1 N–H and O–H groups in total. The van der Waals surface area contributed by atoms with E-state index in [1.165, 1.54) is 13.2 Å². The van der Waals surface area contributed by atoms with Crippen molar-refractivity contribution in [1.82, 2.24) is 5.32 Å². The lowest BCUT2D eigenvalue weighted by Crippen LogP contribution is -2.25. The summed E-state index contributed by atoms with van der Waals surface area (Å²) >= 11 is 0. The lowest BCUT2D eigenvalue weighted by Gasteiger charge is -2.08. The van der Waals surface area contributed by atoms with Crippen molar-refractivity contribution >= 4 is 5.91 Å². The topological polar surface area (TPSA) is 47.6 Å². The Balaban J connectivity index is 1.60. The monoisotopic (exact) mass is 331 g/mol. The van der Waals surface area contributed by atoms with Crippen molar-refractivity contribution in [3.8, 4) is 11.5 Å². The molecular formula is C19H22FNO3. The standard InChI is InChI=1S/C19H22FNO3/c1-23-18-10-8-15(14-17(18)20)9-11-19(22)21-12-5-13-24-16-6-3-2-4-7-16/h2-4,6-8,10,14H,5,9,11-13H2,1H3,(H,21,22). The SMILES string of the molecule is COc1ccc(CCC(=O)NCCCOc2ccccc2)cc1F. The third-order valence-electron chi connectivity index (χ3n) is 3.51. The van der Waals surface area contributed by atoms with Crippen LogP contribution in [0.15, 0.2) is 48.5 Å². The van der Waals surface area contributed by atoms with Gasteiger partial charge in [-0.1, -0.05) is 24.3 Å². The Bertz CT molecular complexity index is 646. The van der Waals surface area contributed by atoms with Gasteiger partial charge in [-0.2, -0.15) is 0 Å². The van der Waals surface area contributed by atoms with Crippen LogP contribution in [0.4, 0.5) is 4.39 Å². The number of aryl methyl sites for hydroxylation is 1. The van der Waals surface area contributed by atoms with Crippen LogP contribution in [0.2, 0.25) is 0 Å². The average Bonchev–Trinajstić information content (AvgIpc) is 2.60. The van der Waals surface area contributed by atoms with E-state index in [0.29, 0.717) is 26.0 Å². The van der Waals surface area contributed by atoms with Crippen LogP contribution < -0.4 is 14.8 Å². The summed E-state index contributed by atoms with van der Waals surface area (Å²) in [6.45, 7) is 1.11. The molecule has 4 nitrogen and oxygen atoms in total. The molecule has 0 radical (unpaired) electrons. The van der Waals surface area contributed by atoms with E-state index in [0.717, 1.165) is 17.7 Å². The summed E-state index contributed by atoms with van der Waals surface area (Å²) in [6, 6.07) is 14.3. The number of rotatable bonds is 9. The highest BCUT2D eigenvalue weighted by Crippen LogP contribution is 2.18. The van der Waals surface area contributed by atoms with Crippen molar-refractivity contribution < 1.29 is 18.7 Å². The third-order valence-corrected chi connectivity index (χ3v) is 3.51. The van der Waals surface area contributed by atoms with E-state index in [1.807, 2.05) is 30.3 Å². The molecule has 5 heteroatoms. The zero-order valence-electron chi connectivity index (χ0n) is 13.8. The maximum Gasteiger partial charge on any atom is 0.220 e. The number of carbonyl (C=O) groups excluding carboxylic acids is 1. The first-order chi connectivity index (χ1) is 11.7. The molecule has 0 aliphatic heterocycles. The van der Waals surface area contributed by atoms with Gasteiger partial charge in [-0.3, -0.25) is 4.79 Å². The number of halogens is 1. The van der Waals surface area contributed by atoms with Gasteiger partial charge in [0.1, 0.15) is 5.75 Å². The number of hydrogen-bond acceptors (Lipinski definition) is 3. The van der Waals surface area contributed by atoms with E-state index in [1.54, 1.807) is 12.1 Å². The van der Waals surface area contributed by atoms with Crippen LogP contribution >= 0.6 is 0 Å². The van der Waals surface area contributed by atoms with E-state index in [-0.39, 0.29) is 11.7 Å². The van der Waals surface area contributed by atoms with Crippen molar-refractivity contribution in [2.45, 2.75) is 19.3 Å². The van der Waals surface area contributed by atoms with Gasteiger partial charge < -0.3 is 14.8 Å². The van der Waals surface area contributed by atoms with Gasteiger partial charge in [0, 0.05) is 13.0 Å². The lowest BCUT2D eigenvalue weighted by molar-refractivity contribution is -0.121. The molecule has 0 bridgehead atoms. The molecular weight excluding hydrogens is 309 g/mol. The second-order valence-electron chi connectivity index (χ2n) is 5.33. The zero-order valence-corrected chi connectivity index (χ0v) is 13.8. The van der Waals surface area contributed by atoms with E-state index in [2.05, 4.69) is 5.32 Å². The summed E-state index contributed by atoms with van der Waals surface area (Å²) in [4.78, 5) is 11.8. The van der Waals surface area contributed by atoms with Gasteiger partial charge in [-0.25, -0.2) is 4.39 Å². The highest BCUT2D eigenvalue weighted by molar-refractivity contribution is 5.76. The number of nitrogens with one attached hydrogen (secondary N) is 1. The summed E-state index contributed by atoms with van der Waals surface area (Å²) in [5.41, 5.74) is 0.774. The third kappa shape index (κ3) is 5.91. The fraction of sp³-hybridized carbons (Fsp3) is 0.316. The predicted molar refractivity (Wildman–Crippen MR) is 90.8 cm³/mol. The molecule has 24 heavy (non-hydrogen) atoms. The van der Waals surface area contributed by atoms with Crippen LogP contribution in [-0.2, 0) is 11.2 Å². The summed E-state index contributed by atoms with van der Waals surface area (Å²) < 4.78 is 24.0. The molecule has 0 spiro atoms. The minimum atomic E-state index is -0.409. The number of ether oxygens (including phenoxy) is 2. The fourth-order valence-electron chi connectivity index (χ4n) is 2.22. The maximum absolute atomic E-state index is 13.6. The molecule has 0 fully saturated rings.